The van der Waals surface area contributed by atoms with Crippen LogP contribution in [0.2, 0.25) is 0 Å². The number of aryl methyl sites for hydroxylation is 1. The highest BCUT2D eigenvalue weighted by Gasteiger charge is 2.19. The summed E-state index contributed by atoms with van der Waals surface area (Å²) in [6, 6.07) is 17.1. The van der Waals surface area contributed by atoms with Crippen molar-refractivity contribution in [1.82, 2.24) is 5.32 Å². The smallest absolute Gasteiger partial charge is 0.246 e. The van der Waals surface area contributed by atoms with Gasteiger partial charge in [0.1, 0.15) is 6.04 Å². The Kier molecular flexibility index (Phi) is 6.13. The Morgan fingerprint density at radius 1 is 1.09 bits per heavy atom. The first-order valence-electron chi connectivity index (χ1n) is 7.35. The summed E-state index contributed by atoms with van der Waals surface area (Å²) in [6.45, 7) is 3.18. The molecular weight excluding hydrogens is 276 g/mol. The molecule has 0 fully saturated rings. The third kappa shape index (κ3) is 4.69. The summed E-state index contributed by atoms with van der Waals surface area (Å²) in [4.78, 5) is 12.6. The van der Waals surface area contributed by atoms with E-state index in [0.717, 1.165) is 16.8 Å². The van der Waals surface area contributed by atoms with Gasteiger partial charge in [-0.25, -0.2) is 0 Å². The van der Waals surface area contributed by atoms with Crippen molar-refractivity contribution in [2.75, 3.05) is 25.6 Å². The minimum atomic E-state index is -0.405. The molecule has 2 rings (SSSR count). The number of nitrogens with one attached hydrogen (secondary N) is 2. The fourth-order valence-electron chi connectivity index (χ4n) is 2.16. The summed E-state index contributed by atoms with van der Waals surface area (Å²) >= 11 is 0. The molecule has 0 radical (unpaired) electrons. The molecule has 2 N–H and O–H groups in total. The Labute approximate surface area is 131 Å². The molecule has 0 spiro atoms. The average molecular weight is 298 g/mol. The zero-order valence-electron chi connectivity index (χ0n) is 13.0. The standard InChI is InChI=1S/C18H22N2O2/c1-14-8-10-16(11-9-14)20-18(21)17(19-12-13-22-2)15-6-4-3-5-7-15/h3-11,17,19H,12-13H2,1-2H3,(H,20,21)/t17-/m1/s1. The van der Waals surface area contributed by atoms with Crippen LogP contribution < -0.4 is 10.6 Å². The Morgan fingerprint density at radius 2 is 1.77 bits per heavy atom. The molecule has 0 aliphatic heterocycles. The molecule has 0 aliphatic rings. The number of ether oxygens (including phenoxy) is 1. The number of rotatable bonds is 7. The quantitative estimate of drug-likeness (QED) is 0.773. The maximum absolute atomic E-state index is 12.6. The minimum Gasteiger partial charge on any atom is -0.383 e. The summed E-state index contributed by atoms with van der Waals surface area (Å²) in [5.74, 6) is -0.0776. The van der Waals surface area contributed by atoms with Gasteiger partial charge in [0, 0.05) is 19.3 Å². The van der Waals surface area contributed by atoms with Gasteiger partial charge in [-0.05, 0) is 24.6 Å². The van der Waals surface area contributed by atoms with Gasteiger partial charge < -0.3 is 10.1 Å². The van der Waals surface area contributed by atoms with Gasteiger partial charge in [0.25, 0.3) is 0 Å². The second kappa shape index (κ2) is 8.32. The molecule has 0 bridgehead atoms. The highest BCUT2D eigenvalue weighted by molar-refractivity contribution is 5.95. The Hall–Kier alpha value is -2.17. The van der Waals surface area contributed by atoms with Crippen LogP contribution in [0.25, 0.3) is 0 Å². The van der Waals surface area contributed by atoms with Crippen molar-refractivity contribution in [3.05, 3.63) is 65.7 Å². The lowest BCUT2D eigenvalue weighted by molar-refractivity contribution is -0.118. The molecule has 22 heavy (non-hydrogen) atoms. The van der Waals surface area contributed by atoms with Crippen LogP contribution in [-0.4, -0.2) is 26.2 Å². The summed E-state index contributed by atoms with van der Waals surface area (Å²) in [6.07, 6.45) is 0. The number of benzene rings is 2. The van der Waals surface area contributed by atoms with Crippen molar-refractivity contribution in [3.8, 4) is 0 Å². The number of carbonyl (C=O) groups excluding carboxylic acids is 1. The van der Waals surface area contributed by atoms with Crippen molar-refractivity contribution >= 4 is 11.6 Å². The van der Waals surface area contributed by atoms with E-state index in [2.05, 4.69) is 10.6 Å². The van der Waals surface area contributed by atoms with Gasteiger partial charge in [-0.3, -0.25) is 10.1 Å². The SMILES string of the molecule is COCCN[C@@H](C(=O)Nc1ccc(C)cc1)c1ccccc1. The maximum atomic E-state index is 12.6. The molecule has 0 unspecified atom stereocenters. The lowest BCUT2D eigenvalue weighted by Crippen LogP contribution is -2.34. The molecule has 4 heteroatoms. The van der Waals surface area contributed by atoms with Gasteiger partial charge in [-0.2, -0.15) is 0 Å². The Morgan fingerprint density at radius 3 is 2.41 bits per heavy atom. The Bertz CT molecular complexity index is 582. The lowest BCUT2D eigenvalue weighted by Gasteiger charge is -2.19. The normalized spacial score (nSPS) is 11.9. The van der Waals surface area contributed by atoms with Crippen LogP contribution in [0.4, 0.5) is 5.69 Å². The molecule has 0 aliphatic carbocycles. The first-order valence-corrected chi connectivity index (χ1v) is 7.35. The van der Waals surface area contributed by atoms with Crippen LogP contribution in [0, 0.1) is 6.92 Å². The summed E-state index contributed by atoms with van der Waals surface area (Å²) < 4.78 is 5.05. The van der Waals surface area contributed by atoms with E-state index in [1.54, 1.807) is 7.11 Å². The van der Waals surface area contributed by atoms with Gasteiger partial charge >= 0.3 is 0 Å². The van der Waals surface area contributed by atoms with Crippen LogP contribution in [0.1, 0.15) is 17.2 Å². The fraction of sp³-hybridized carbons (Fsp3) is 0.278. The molecule has 4 nitrogen and oxygen atoms in total. The topological polar surface area (TPSA) is 50.4 Å². The zero-order chi connectivity index (χ0) is 15.8. The molecule has 1 atom stereocenters. The molecule has 116 valence electrons. The first kappa shape index (κ1) is 16.2. The fourth-order valence-corrected chi connectivity index (χ4v) is 2.16. The van der Waals surface area contributed by atoms with Crippen LogP contribution in [0.15, 0.2) is 54.6 Å². The zero-order valence-corrected chi connectivity index (χ0v) is 13.0. The number of carbonyl (C=O) groups is 1. The van der Waals surface area contributed by atoms with Gasteiger partial charge in [-0.15, -0.1) is 0 Å². The van der Waals surface area contributed by atoms with Crippen molar-refractivity contribution in [1.29, 1.82) is 0 Å². The van der Waals surface area contributed by atoms with E-state index in [-0.39, 0.29) is 5.91 Å². The monoisotopic (exact) mass is 298 g/mol. The van der Waals surface area contributed by atoms with Gasteiger partial charge in [0.2, 0.25) is 5.91 Å². The van der Waals surface area contributed by atoms with E-state index < -0.39 is 6.04 Å². The number of hydrogen-bond acceptors (Lipinski definition) is 3. The highest BCUT2D eigenvalue weighted by Crippen LogP contribution is 2.16. The number of hydrogen-bond donors (Lipinski definition) is 2. The molecule has 0 saturated heterocycles. The van der Waals surface area contributed by atoms with Crippen molar-refractivity contribution < 1.29 is 9.53 Å². The van der Waals surface area contributed by atoms with Gasteiger partial charge in [0.15, 0.2) is 0 Å². The predicted molar refractivity (Wildman–Crippen MR) is 88.9 cm³/mol. The molecule has 2 aromatic rings. The first-order chi connectivity index (χ1) is 10.7. The molecule has 2 aromatic carbocycles. The molecular formula is C18H22N2O2. The van der Waals surface area contributed by atoms with Crippen molar-refractivity contribution in [2.24, 2.45) is 0 Å². The molecule has 1 amide bonds. The van der Waals surface area contributed by atoms with E-state index >= 15 is 0 Å². The molecule has 0 aromatic heterocycles. The lowest BCUT2D eigenvalue weighted by atomic mass is 10.1. The summed E-state index contributed by atoms with van der Waals surface area (Å²) in [5, 5.41) is 6.18. The van der Waals surface area contributed by atoms with E-state index in [1.807, 2.05) is 61.5 Å². The van der Waals surface area contributed by atoms with Crippen LogP contribution in [-0.2, 0) is 9.53 Å². The number of methoxy groups -OCH3 is 1. The van der Waals surface area contributed by atoms with Crippen molar-refractivity contribution in [2.45, 2.75) is 13.0 Å². The maximum Gasteiger partial charge on any atom is 0.246 e. The third-order valence-electron chi connectivity index (χ3n) is 3.37. The average Bonchev–Trinajstić information content (AvgIpc) is 2.54. The van der Waals surface area contributed by atoms with E-state index in [1.165, 1.54) is 0 Å². The van der Waals surface area contributed by atoms with Crippen LogP contribution in [0.3, 0.4) is 0 Å². The predicted octanol–water partition coefficient (Wildman–Crippen LogP) is 2.91. The minimum absolute atomic E-state index is 0.0776. The van der Waals surface area contributed by atoms with Crippen LogP contribution in [0.5, 0.6) is 0 Å². The molecule has 0 saturated carbocycles. The number of amides is 1. The summed E-state index contributed by atoms with van der Waals surface area (Å²) in [7, 11) is 1.64. The van der Waals surface area contributed by atoms with E-state index in [0.29, 0.717) is 13.2 Å². The van der Waals surface area contributed by atoms with E-state index in [4.69, 9.17) is 4.74 Å². The third-order valence-corrected chi connectivity index (χ3v) is 3.37. The van der Waals surface area contributed by atoms with Gasteiger partial charge in [0.05, 0.1) is 6.61 Å². The van der Waals surface area contributed by atoms with Gasteiger partial charge in [-0.1, -0.05) is 48.0 Å². The van der Waals surface area contributed by atoms with E-state index in [9.17, 15) is 4.79 Å². The second-order valence-electron chi connectivity index (χ2n) is 5.15. The highest BCUT2D eigenvalue weighted by atomic mass is 16.5. The number of anilines is 1. The second-order valence-corrected chi connectivity index (χ2v) is 5.15. The summed E-state index contributed by atoms with van der Waals surface area (Å²) in [5.41, 5.74) is 2.89. The van der Waals surface area contributed by atoms with Crippen molar-refractivity contribution in [3.63, 3.8) is 0 Å². The van der Waals surface area contributed by atoms with Crippen LogP contribution >= 0.6 is 0 Å². The largest absolute Gasteiger partial charge is 0.383 e. The Balaban J connectivity index is 2.09. The molecule has 0 heterocycles.